The molecule has 2 rings (SSSR count). The summed E-state index contributed by atoms with van der Waals surface area (Å²) < 4.78 is 12.4. The largest absolute Gasteiger partial charge is 0.493 e. The van der Waals surface area contributed by atoms with E-state index in [2.05, 4.69) is 64.3 Å². The molecule has 1 atom stereocenters. The van der Waals surface area contributed by atoms with Crippen LogP contribution in [0.15, 0.2) is 54.6 Å². The van der Waals surface area contributed by atoms with Gasteiger partial charge in [-0.2, -0.15) is 0 Å². The fraction of sp³-hybridized carbons (Fsp3) is 0.639. The number of aryl methyl sites for hydroxylation is 1. The van der Waals surface area contributed by atoms with Crippen LogP contribution in [0.4, 0.5) is 0 Å². The number of quaternary nitrogens is 1. The molecule has 2 aromatic rings. The number of unbranched alkanes of at least 4 members (excludes halogenated alkanes) is 11. The van der Waals surface area contributed by atoms with Gasteiger partial charge in [-0.25, -0.2) is 4.79 Å². The Balaban J connectivity index is 1.59. The van der Waals surface area contributed by atoms with Crippen molar-refractivity contribution in [3.05, 3.63) is 65.7 Å². The minimum Gasteiger partial charge on any atom is -0.493 e. The molecule has 0 aliphatic rings. The number of likely N-dealkylation sites (N-methyl/N-ethyl adjacent to an activating group) is 1. The molecule has 0 aliphatic carbocycles. The van der Waals surface area contributed by atoms with E-state index in [1.54, 1.807) is 0 Å². The van der Waals surface area contributed by atoms with Crippen LogP contribution in [-0.4, -0.2) is 43.8 Å². The van der Waals surface area contributed by atoms with Crippen molar-refractivity contribution in [2.45, 2.75) is 123 Å². The summed E-state index contributed by atoms with van der Waals surface area (Å²) in [5, 5.41) is 0. The molecule has 0 aliphatic heterocycles. The van der Waals surface area contributed by atoms with Crippen molar-refractivity contribution in [3.8, 4) is 5.75 Å². The van der Waals surface area contributed by atoms with E-state index >= 15 is 0 Å². The first-order chi connectivity index (χ1) is 19.5. The van der Waals surface area contributed by atoms with Gasteiger partial charge in [-0.1, -0.05) is 127 Å². The van der Waals surface area contributed by atoms with Crippen LogP contribution in [-0.2, 0) is 22.5 Å². The van der Waals surface area contributed by atoms with Crippen LogP contribution in [0.2, 0.25) is 0 Å². The summed E-state index contributed by atoms with van der Waals surface area (Å²) in [5.41, 5.74) is 2.55. The first-order valence-corrected chi connectivity index (χ1v) is 16.2. The number of esters is 1. The Morgan fingerprint density at radius 2 is 1.27 bits per heavy atom. The minimum atomic E-state index is -0.168. The summed E-state index contributed by atoms with van der Waals surface area (Å²) >= 11 is 0. The summed E-state index contributed by atoms with van der Waals surface area (Å²) in [4.78, 5) is 12.9. The van der Waals surface area contributed by atoms with Gasteiger partial charge in [0.15, 0.2) is 6.04 Å². The Bertz CT molecular complexity index is 911. The molecule has 0 heterocycles. The Labute approximate surface area is 246 Å². The zero-order valence-electron chi connectivity index (χ0n) is 26.2. The van der Waals surface area contributed by atoms with Crippen molar-refractivity contribution in [3.63, 3.8) is 0 Å². The van der Waals surface area contributed by atoms with Crippen molar-refractivity contribution >= 4 is 5.97 Å². The number of hydrogen-bond donors (Lipinski definition) is 0. The zero-order valence-corrected chi connectivity index (χ0v) is 26.2. The smallest absolute Gasteiger partial charge is 0.364 e. The van der Waals surface area contributed by atoms with Gasteiger partial charge in [0, 0.05) is 12.0 Å². The zero-order chi connectivity index (χ0) is 28.9. The third-order valence-electron chi connectivity index (χ3n) is 8.00. The second kappa shape index (κ2) is 20.5. The predicted octanol–water partition coefficient (Wildman–Crippen LogP) is 9.30. The third kappa shape index (κ3) is 13.8. The van der Waals surface area contributed by atoms with Gasteiger partial charge in [-0.3, -0.25) is 0 Å². The second-order valence-electron chi connectivity index (χ2n) is 12.0. The summed E-state index contributed by atoms with van der Waals surface area (Å²) in [5.74, 6) is 0.916. The lowest BCUT2D eigenvalue weighted by Crippen LogP contribution is -2.52. The van der Waals surface area contributed by atoms with Gasteiger partial charge in [0.1, 0.15) is 12.3 Å². The quantitative estimate of drug-likeness (QED) is 0.0783. The van der Waals surface area contributed by atoms with E-state index in [0.29, 0.717) is 17.7 Å². The Morgan fingerprint density at radius 1 is 0.700 bits per heavy atom. The summed E-state index contributed by atoms with van der Waals surface area (Å²) in [7, 11) is 4.23. The summed E-state index contributed by atoms with van der Waals surface area (Å²) in [6.07, 6.45) is 18.6. The summed E-state index contributed by atoms with van der Waals surface area (Å²) in [6, 6.07) is 18.7. The molecule has 0 aromatic heterocycles. The van der Waals surface area contributed by atoms with Crippen LogP contribution in [0.5, 0.6) is 5.75 Å². The number of carbonyl (C=O) groups excluding carboxylic acids is 1. The van der Waals surface area contributed by atoms with Crippen LogP contribution in [0.25, 0.3) is 0 Å². The van der Waals surface area contributed by atoms with Crippen molar-refractivity contribution < 1.29 is 18.8 Å². The molecule has 0 fully saturated rings. The maximum absolute atomic E-state index is 12.9. The molecule has 0 bridgehead atoms. The highest BCUT2D eigenvalue weighted by Crippen LogP contribution is 2.22. The molecule has 4 heteroatoms. The fourth-order valence-electron chi connectivity index (χ4n) is 5.60. The van der Waals surface area contributed by atoms with Crippen LogP contribution in [0, 0.1) is 0 Å². The number of benzene rings is 2. The van der Waals surface area contributed by atoms with Crippen molar-refractivity contribution in [1.29, 1.82) is 0 Å². The van der Waals surface area contributed by atoms with Gasteiger partial charge in [0.05, 0.1) is 27.3 Å². The van der Waals surface area contributed by atoms with Crippen LogP contribution < -0.4 is 4.74 Å². The van der Waals surface area contributed by atoms with E-state index in [1.807, 2.05) is 18.2 Å². The Morgan fingerprint density at radius 3 is 1.93 bits per heavy atom. The first kappa shape index (κ1) is 33.9. The van der Waals surface area contributed by atoms with Crippen LogP contribution >= 0.6 is 0 Å². The molecule has 0 radical (unpaired) electrons. The molecule has 0 saturated carbocycles. The first-order valence-electron chi connectivity index (χ1n) is 16.2. The number of nitrogens with zero attached hydrogens (tertiary/aromatic N) is 1. The molecule has 0 saturated heterocycles. The van der Waals surface area contributed by atoms with Crippen molar-refractivity contribution in [1.82, 2.24) is 0 Å². The maximum atomic E-state index is 12.9. The molecular formula is C36H58NO3+. The lowest BCUT2D eigenvalue weighted by molar-refractivity contribution is -0.919. The lowest BCUT2D eigenvalue weighted by atomic mass is 10.0. The van der Waals surface area contributed by atoms with E-state index in [9.17, 15) is 4.79 Å². The van der Waals surface area contributed by atoms with Gasteiger partial charge < -0.3 is 14.0 Å². The molecule has 40 heavy (non-hydrogen) atoms. The summed E-state index contributed by atoms with van der Waals surface area (Å²) in [6.45, 7) is 6.26. The van der Waals surface area contributed by atoms with E-state index in [4.69, 9.17) is 9.47 Å². The highest BCUT2D eigenvalue weighted by molar-refractivity contribution is 5.74. The van der Waals surface area contributed by atoms with E-state index in [-0.39, 0.29) is 12.0 Å². The van der Waals surface area contributed by atoms with Gasteiger partial charge in [0.25, 0.3) is 0 Å². The molecule has 4 nitrogen and oxygen atoms in total. The average molecular weight is 553 g/mol. The Hall–Kier alpha value is -2.33. The normalized spacial score (nSPS) is 12.3. The average Bonchev–Trinajstić information content (AvgIpc) is 2.94. The molecule has 224 valence electrons. The van der Waals surface area contributed by atoms with Crippen molar-refractivity contribution in [2.24, 2.45) is 0 Å². The topological polar surface area (TPSA) is 35.5 Å². The monoisotopic (exact) mass is 552 g/mol. The van der Waals surface area contributed by atoms with E-state index in [1.165, 1.54) is 81.8 Å². The standard InChI is InChI=1S/C36H58NO3/c1-5-7-8-9-10-11-12-13-14-15-19-26-33-27-20-21-28-35(33)39-29-22-23-30-40-36(38)34(6-2)37(3,4)31-32-24-17-16-18-25-32/h16-18,20-21,24-25,27-28,34H,5-15,19,22-23,26,29-31H2,1-4H3/q+1. The molecular weight excluding hydrogens is 494 g/mol. The number of carbonyl (C=O) groups is 1. The number of ether oxygens (including phenoxy) is 2. The van der Waals surface area contributed by atoms with Gasteiger partial charge in [-0.15, -0.1) is 0 Å². The minimum absolute atomic E-state index is 0.0957. The van der Waals surface area contributed by atoms with E-state index < -0.39 is 0 Å². The molecule has 0 N–H and O–H groups in total. The fourth-order valence-corrected chi connectivity index (χ4v) is 5.60. The molecule has 0 spiro atoms. The highest BCUT2D eigenvalue weighted by Gasteiger charge is 2.34. The SMILES string of the molecule is CCCCCCCCCCCCCc1ccccc1OCCCCOC(=O)C(CC)[N+](C)(C)Cc1ccccc1. The van der Waals surface area contributed by atoms with Gasteiger partial charge in [0.2, 0.25) is 0 Å². The lowest BCUT2D eigenvalue weighted by Gasteiger charge is -2.36. The number of rotatable bonds is 23. The highest BCUT2D eigenvalue weighted by atomic mass is 16.5. The van der Waals surface area contributed by atoms with Gasteiger partial charge >= 0.3 is 5.97 Å². The second-order valence-corrected chi connectivity index (χ2v) is 12.0. The van der Waals surface area contributed by atoms with Crippen molar-refractivity contribution in [2.75, 3.05) is 27.3 Å². The van der Waals surface area contributed by atoms with E-state index in [0.717, 1.165) is 38.0 Å². The maximum Gasteiger partial charge on any atom is 0.364 e. The Kier molecular flexibility index (Phi) is 17.4. The predicted molar refractivity (Wildman–Crippen MR) is 169 cm³/mol. The molecule has 2 aromatic carbocycles. The van der Waals surface area contributed by atoms with Crippen LogP contribution in [0.3, 0.4) is 0 Å². The number of para-hydroxylation sites is 1. The molecule has 0 amide bonds. The molecule has 1 unspecified atom stereocenters. The third-order valence-corrected chi connectivity index (χ3v) is 8.00. The van der Waals surface area contributed by atoms with Gasteiger partial charge in [-0.05, 0) is 37.3 Å². The number of hydrogen-bond acceptors (Lipinski definition) is 3. The van der Waals surface area contributed by atoms with Crippen LogP contribution in [0.1, 0.15) is 115 Å².